The van der Waals surface area contributed by atoms with Gasteiger partial charge in [-0.2, -0.15) is 0 Å². The number of fused-ring (bicyclic) bond motifs is 1. The summed E-state index contributed by atoms with van der Waals surface area (Å²) in [6.07, 6.45) is 2.59. The molecule has 6 heteroatoms. The van der Waals surface area contributed by atoms with E-state index in [0.29, 0.717) is 18.4 Å². The Labute approximate surface area is 221 Å². The first kappa shape index (κ1) is 25.7. The molecule has 0 saturated carbocycles. The second-order valence-corrected chi connectivity index (χ2v) is 10.7. The smallest absolute Gasteiger partial charge is 0.224 e. The van der Waals surface area contributed by atoms with Gasteiger partial charge in [-0.15, -0.1) is 0 Å². The monoisotopic (exact) mass is 500 g/mol. The average molecular weight is 501 g/mol. The van der Waals surface area contributed by atoms with Crippen LogP contribution in [0.15, 0.2) is 66.7 Å². The molecule has 37 heavy (non-hydrogen) atoms. The maximum atomic E-state index is 12.9. The fourth-order valence-corrected chi connectivity index (χ4v) is 5.91. The summed E-state index contributed by atoms with van der Waals surface area (Å²) in [6, 6.07) is 23.9. The van der Waals surface area contributed by atoms with Crippen molar-refractivity contribution in [1.82, 2.24) is 9.80 Å². The van der Waals surface area contributed by atoms with Crippen LogP contribution in [0.2, 0.25) is 0 Å². The number of piperidine rings is 1. The van der Waals surface area contributed by atoms with Gasteiger partial charge in [-0.1, -0.05) is 42.5 Å². The summed E-state index contributed by atoms with van der Waals surface area (Å²) in [7, 11) is 4.03. The topological polar surface area (TPSA) is 48.1 Å². The van der Waals surface area contributed by atoms with Crippen molar-refractivity contribution in [2.45, 2.75) is 31.8 Å². The molecule has 0 unspecified atom stereocenters. The van der Waals surface area contributed by atoms with Gasteiger partial charge >= 0.3 is 0 Å². The largest absolute Gasteiger partial charge is 0.379 e. The number of amides is 1. The van der Waals surface area contributed by atoms with Crippen molar-refractivity contribution < 1.29 is 9.53 Å². The van der Waals surface area contributed by atoms with Crippen molar-refractivity contribution >= 4 is 28.1 Å². The third-order valence-corrected chi connectivity index (χ3v) is 7.90. The molecule has 1 amide bonds. The molecule has 2 saturated heterocycles. The van der Waals surface area contributed by atoms with E-state index in [9.17, 15) is 4.79 Å². The molecule has 6 nitrogen and oxygen atoms in total. The third kappa shape index (κ3) is 6.69. The molecule has 5 rings (SSSR count). The first-order valence-electron chi connectivity index (χ1n) is 13.6. The van der Waals surface area contributed by atoms with E-state index in [1.54, 1.807) is 0 Å². The number of nitrogens with one attached hydrogen (secondary N) is 1. The van der Waals surface area contributed by atoms with Crippen molar-refractivity contribution in [3.63, 3.8) is 0 Å². The molecule has 3 aromatic carbocycles. The molecule has 2 aliphatic heterocycles. The maximum absolute atomic E-state index is 12.9. The molecule has 2 heterocycles. The zero-order chi connectivity index (χ0) is 25.6. The highest BCUT2D eigenvalue weighted by Gasteiger charge is 2.34. The quantitative estimate of drug-likeness (QED) is 0.479. The Morgan fingerprint density at radius 1 is 0.973 bits per heavy atom. The van der Waals surface area contributed by atoms with E-state index >= 15 is 0 Å². The van der Waals surface area contributed by atoms with Gasteiger partial charge in [0.2, 0.25) is 5.91 Å². The number of ether oxygens (including phenoxy) is 1. The van der Waals surface area contributed by atoms with Crippen molar-refractivity contribution in [2.24, 2.45) is 5.92 Å². The first-order chi connectivity index (χ1) is 18.0. The van der Waals surface area contributed by atoms with E-state index in [1.165, 1.54) is 16.3 Å². The van der Waals surface area contributed by atoms with Crippen LogP contribution in [0.5, 0.6) is 0 Å². The van der Waals surface area contributed by atoms with Gasteiger partial charge in [0.05, 0.1) is 13.2 Å². The molecule has 0 spiro atoms. The summed E-state index contributed by atoms with van der Waals surface area (Å²) in [5.74, 6) is 0.564. The molecule has 3 aromatic rings. The van der Waals surface area contributed by atoms with Gasteiger partial charge in [0.25, 0.3) is 0 Å². The van der Waals surface area contributed by atoms with Crippen LogP contribution in [-0.4, -0.2) is 75.2 Å². The molecule has 2 aliphatic rings. The number of morpholine rings is 1. The van der Waals surface area contributed by atoms with Gasteiger partial charge in [0, 0.05) is 64.1 Å². The molecule has 0 aliphatic carbocycles. The van der Waals surface area contributed by atoms with Crippen LogP contribution in [0.3, 0.4) is 0 Å². The van der Waals surface area contributed by atoms with Crippen molar-refractivity contribution in [2.75, 3.05) is 63.7 Å². The van der Waals surface area contributed by atoms with Crippen LogP contribution >= 0.6 is 0 Å². The molecule has 0 aromatic heterocycles. The van der Waals surface area contributed by atoms with Gasteiger partial charge < -0.3 is 15.0 Å². The Balaban J connectivity index is 1.23. The Bertz CT molecular complexity index is 1190. The number of hydrogen-bond donors (Lipinski definition) is 1. The number of anilines is 2. The second-order valence-electron chi connectivity index (χ2n) is 10.7. The zero-order valence-electron chi connectivity index (χ0n) is 22.2. The van der Waals surface area contributed by atoms with E-state index in [-0.39, 0.29) is 5.91 Å². The number of likely N-dealkylation sites (tertiary alicyclic amines) is 1. The molecule has 196 valence electrons. The van der Waals surface area contributed by atoms with Gasteiger partial charge in [-0.05, 0) is 65.9 Å². The molecular formula is C31H40N4O2. The Morgan fingerprint density at radius 2 is 1.78 bits per heavy atom. The summed E-state index contributed by atoms with van der Waals surface area (Å²) in [4.78, 5) is 20.2. The molecule has 2 fully saturated rings. The summed E-state index contributed by atoms with van der Waals surface area (Å²) in [5, 5.41) is 5.72. The normalized spacial score (nSPS) is 21.1. The second kappa shape index (κ2) is 12.1. The summed E-state index contributed by atoms with van der Waals surface area (Å²) in [5.41, 5.74) is 3.31. The van der Waals surface area contributed by atoms with Gasteiger partial charge in [-0.3, -0.25) is 14.6 Å². The van der Waals surface area contributed by atoms with Crippen LogP contribution in [-0.2, 0) is 16.1 Å². The lowest BCUT2D eigenvalue weighted by Crippen LogP contribution is -2.53. The number of carbonyl (C=O) groups excluding carboxylic acids is 1. The number of hydrogen-bond acceptors (Lipinski definition) is 5. The Kier molecular flexibility index (Phi) is 8.39. The minimum atomic E-state index is 0.100. The highest BCUT2D eigenvalue weighted by molar-refractivity contribution is 5.91. The number of benzene rings is 3. The fourth-order valence-electron chi connectivity index (χ4n) is 5.91. The molecule has 1 N–H and O–H groups in total. The first-order valence-corrected chi connectivity index (χ1v) is 13.6. The van der Waals surface area contributed by atoms with E-state index in [4.69, 9.17) is 4.74 Å². The lowest BCUT2D eigenvalue weighted by Gasteiger charge is -2.45. The van der Waals surface area contributed by atoms with Crippen LogP contribution in [0.4, 0.5) is 11.4 Å². The third-order valence-electron chi connectivity index (χ3n) is 7.90. The zero-order valence-corrected chi connectivity index (χ0v) is 22.2. The molecule has 0 radical (unpaired) electrons. The van der Waals surface area contributed by atoms with Crippen molar-refractivity contribution in [3.8, 4) is 0 Å². The van der Waals surface area contributed by atoms with Gasteiger partial charge in [-0.25, -0.2) is 0 Å². The lowest BCUT2D eigenvalue weighted by molar-refractivity contribution is -0.116. The lowest BCUT2D eigenvalue weighted by atomic mass is 9.86. The summed E-state index contributed by atoms with van der Waals surface area (Å²) >= 11 is 0. The molecule has 2 atom stereocenters. The van der Waals surface area contributed by atoms with Crippen molar-refractivity contribution in [3.05, 3.63) is 72.3 Å². The van der Waals surface area contributed by atoms with Crippen LogP contribution in [0.25, 0.3) is 10.8 Å². The highest BCUT2D eigenvalue weighted by Crippen LogP contribution is 2.29. The number of nitrogens with zero attached hydrogens (tertiary/aromatic N) is 3. The minimum Gasteiger partial charge on any atom is -0.379 e. The minimum absolute atomic E-state index is 0.100. The molecular weight excluding hydrogens is 460 g/mol. The van der Waals surface area contributed by atoms with Gasteiger partial charge in [0.15, 0.2) is 0 Å². The van der Waals surface area contributed by atoms with E-state index in [0.717, 1.165) is 70.2 Å². The van der Waals surface area contributed by atoms with Gasteiger partial charge in [0.1, 0.15) is 0 Å². The fraction of sp³-hybridized carbons (Fsp3) is 0.452. The Hall–Kier alpha value is -2.93. The molecule has 0 bridgehead atoms. The number of carbonyl (C=O) groups is 1. The van der Waals surface area contributed by atoms with Crippen LogP contribution in [0.1, 0.15) is 24.8 Å². The standard InChI is InChI=1S/C31H40N4O2/c1-33(2)29-9-5-8-28(21-29)32-31(36)13-12-27-23-34(15-14-30(27)35-16-18-37-19-17-35)22-24-10-11-25-6-3-4-7-26(25)20-24/h3-11,20-21,27,30H,12-19,22-23H2,1-2H3,(H,32,36)/t27-,30+/m1/s1. The predicted molar refractivity (Wildman–Crippen MR) is 152 cm³/mol. The average Bonchev–Trinajstić information content (AvgIpc) is 2.92. The SMILES string of the molecule is CN(C)c1cccc(NC(=O)CC[C@@H]2CN(Cc3ccc4ccccc4c3)CC[C@@H]2N2CCOCC2)c1. The summed E-state index contributed by atoms with van der Waals surface area (Å²) in [6.45, 7) is 6.69. The van der Waals surface area contributed by atoms with Crippen molar-refractivity contribution in [1.29, 1.82) is 0 Å². The summed E-state index contributed by atoms with van der Waals surface area (Å²) < 4.78 is 5.63. The Morgan fingerprint density at radius 3 is 2.59 bits per heavy atom. The van der Waals surface area contributed by atoms with Crippen LogP contribution < -0.4 is 10.2 Å². The highest BCUT2D eigenvalue weighted by atomic mass is 16.5. The van der Waals surface area contributed by atoms with E-state index in [1.807, 2.05) is 32.3 Å². The van der Waals surface area contributed by atoms with E-state index < -0.39 is 0 Å². The predicted octanol–water partition coefficient (Wildman–Crippen LogP) is 4.85. The van der Waals surface area contributed by atoms with Crippen LogP contribution in [0, 0.1) is 5.92 Å². The van der Waals surface area contributed by atoms with E-state index in [2.05, 4.69) is 68.5 Å². The maximum Gasteiger partial charge on any atom is 0.224 e. The number of rotatable bonds is 8.